The number of rotatable bonds is 14. The summed E-state index contributed by atoms with van der Waals surface area (Å²) < 4.78 is 28.1. The monoisotopic (exact) mass is 509 g/mol. The topological polar surface area (TPSA) is 176 Å². The van der Waals surface area contributed by atoms with Crippen LogP contribution in [0.3, 0.4) is 0 Å². The molecular weight excluding hydrogens is 466 g/mol. The molecule has 0 unspecified atom stereocenters. The maximum absolute atomic E-state index is 11.7. The number of hydrogen-bond donors (Lipinski definition) is 6. The molecule has 2 aliphatic heterocycles. The predicted octanol–water partition coefficient (Wildman–Crippen LogP) is -1.21. The van der Waals surface area contributed by atoms with Gasteiger partial charge in [0.05, 0.1) is 13.2 Å². The summed E-state index contributed by atoms with van der Waals surface area (Å²) in [6, 6.07) is -1.12. The second-order valence-electron chi connectivity index (χ2n) is 9.09. The first-order valence-electron chi connectivity index (χ1n) is 12.4. The van der Waals surface area contributed by atoms with Crippen LogP contribution < -0.4 is 5.32 Å². The van der Waals surface area contributed by atoms with Gasteiger partial charge in [-0.05, 0) is 6.42 Å². The molecule has 1 amide bonds. The van der Waals surface area contributed by atoms with Gasteiger partial charge in [-0.25, -0.2) is 0 Å². The standard InChI is InChI=1S/C23H43NO11/c1-4-5-6-7-8-9-10-32-23-19(30)18(29)21(15(12-26)34-23)35-22-16(24-13(2)27)17(28)20(31-3)14(11-25)33-22/h14-23,25-26,28-30H,4-12H2,1-3H3,(H,24,27)/t14-,15-,16-,17-,18-,19-,20+,21+,22+,23-/m1/s1. The van der Waals surface area contributed by atoms with E-state index in [1.54, 1.807) is 0 Å². The summed E-state index contributed by atoms with van der Waals surface area (Å²) in [4.78, 5) is 11.7. The molecule has 12 nitrogen and oxygen atoms in total. The molecule has 206 valence electrons. The molecule has 0 aromatic carbocycles. The summed E-state index contributed by atoms with van der Waals surface area (Å²) in [6.07, 6.45) is -4.80. The Hall–Kier alpha value is -0.930. The fraction of sp³-hybridized carbons (Fsp3) is 0.957. The predicted molar refractivity (Wildman–Crippen MR) is 122 cm³/mol. The van der Waals surface area contributed by atoms with Crippen LogP contribution in [0.25, 0.3) is 0 Å². The molecule has 0 aromatic heterocycles. The molecule has 6 N–H and O–H groups in total. The summed E-state index contributed by atoms with van der Waals surface area (Å²) in [5.41, 5.74) is 0. The van der Waals surface area contributed by atoms with E-state index in [1.807, 2.05) is 0 Å². The maximum atomic E-state index is 11.7. The fourth-order valence-corrected chi connectivity index (χ4v) is 4.46. The molecule has 0 radical (unpaired) electrons. The number of aliphatic hydroxyl groups excluding tert-OH is 5. The van der Waals surface area contributed by atoms with Gasteiger partial charge in [0.15, 0.2) is 12.6 Å². The fourth-order valence-electron chi connectivity index (χ4n) is 4.46. The molecule has 10 atom stereocenters. The maximum Gasteiger partial charge on any atom is 0.217 e. The van der Waals surface area contributed by atoms with Crippen LogP contribution in [0, 0.1) is 0 Å². The normalized spacial score (nSPS) is 37.8. The van der Waals surface area contributed by atoms with E-state index in [0.29, 0.717) is 6.61 Å². The van der Waals surface area contributed by atoms with Crippen LogP contribution >= 0.6 is 0 Å². The van der Waals surface area contributed by atoms with Gasteiger partial charge in [0, 0.05) is 20.6 Å². The first-order chi connectivity index (χ1) is 16.8. The van der Waals surface area contributed by atoms with E-state index in [9.17, 15) is 30.3 Å². The highest BCUT2D eigenvalue weighted by atomic mass is 16.7. The molecule has 0 aliphatic carbocycles. The van der Waals surface area contributed by atoms with Crippen LogP contribution in [0.5, 0.6) is 0 Å². The molecule has 2 heterocycles. The number of amides is 1. The average molecular weight is 510 g/mol. The highest BCUT2D eigenvalue weighted by molar-refractivity contribution is 5.73. The Morgan fingerprint density at radius 1 is 0.857 bits per heavy atom. The summed E-state index contributed by atoms with van der Waals surface area (Å²) in [6.45, 7) is 2.65. The molecule has 0 saturated carbocycles. The molecule has 12 heteroatoms. The number of methoxy groups -OCH3 is 1. The Morgan fingerprint density at radius 3 is 2.06 bits per heavy atom. The Bertz CT molecular complexity index is 610. The van der Waals surface area contributed by atoms with Crippen molar-refractivity contribution in [1.29, 1.82) is 0 Å². The van der Waals surface area contributed by atoms with Crippen molar-refractivity contribution in [2.75, 3.05) is 26.9 Å². The van der Waals surface area contributed by atoms with E-state index in [0.717, 1.165) is 32.1 Å². The molecule has 2 aliphatic rings. The zero-order valence-corrected chi connectivity index (χ0v) is 20.8. The minimum atomic E-state index is -1.53. The first-order valence-corrected chi connectivity index (χ1v) is 12.4. The van der Waals surface area contributed by atoms with Crippen LogP contribution in [0.15, 0.2) is 0 Å². The second-order valence-corrected chi connectivity index (χ2v) is 9.09. The van der Waals surface area contributed by atoms with Crippen molar-refractivity contribution in [1.82, 2.24) is 5.32 Å². The van der Waals surface area contributed by atoms with Crippen molar-refractivity contribution >= 4 is 5.91 Å². The van der Waals surface area contributed by atoms with Gasteiger partial charge in [-0.2, -0.15) is 0 Å². The number of carbonyl (C=O) groups is 1. The van der Waals surface area contributed by atoms with Gasteiger partial charge in [0.1, 0.15) is 48.8 Å². The summed E-state index contributed by atoms with van der Waals surface area (Å²) in [5, 5.41) is 54.1. The minimum Gasteiger partial charge on any atom is -0.394 e. The number of aliphatic hydroxyl groups is 5. The van der Waals surface area contributed by atoms with E-state index in [1.165, 1.54) is 20.5 Å². The molecule has 2 saturated heterocycles. The molecule has 0 aromatic rings. The van der Waals surface area contributed by atoms with Crippen molar-refractivity contribution in [3.8, 4) is 0 Å². The highest BCUT2D eigenvalue weighted by Crippen LogP contribution is 2.30. The smallest absolute Gasteiger partial charge is 0.217 e. The number of hydrogen-bond acceptors (Lipinski definition) is 11. The van der Waals surface area contributed by atoms with Crippen molar-refractivity contribution in [3.05, 3.63) is 0 Å². The third-order valence-electron chi connectivity index (χ3n) is 6.39. The van der Waals surface area contributed by atoms with Crippen LogP contribution in [0.1, 0.15) is 52.4 Å². The lowest BCUT2D eigenvalue weighted by Gasteiger charge is -2.47. The molecule has 35 heavy (non-hydrogen) atoms. The zero-order chi connectivity index (χ0) is 26.0. The number of ether oxygens (including phenoxy) is 5. The molecule has 2 fully saturated rings. The molecule has 0 bridgehead atoms. The average Bonchev–Trinajstić information content (AvgIpc) is 2.84. The van der Waals surface area contributed by atoms with Gasteiger partial charge in [-0.15, -0.1) is 0 Å². The van der Waals surface area contributed by atoms with E-state index in [2.05, 4.69) is 12.2 Å². The third-order valence-corrected chi connectivity index (χ3v) is 6.39. The van der Waals surface area contributed by atoms with Crippen LogP contribution in [-0.4, -0.2) is 120 Å². The van der Waals surface area contributed by atoms with Crippen molar-refractivity contribution in [2.45, 2.75) is 114 Å². The van der Waals surface area contributed by atoms with Crippen LogP contribution in [-0.2, 0) is 28.5 Å². The van der Waals surface area contributed by atoms with Gasteiger partial charge in [0.2, 0.25) is 5.91 Å². The highest BCUT2D eigenvalue weighted by Gasteiger charge is 2.51. The molecule has 2 rings (SSSR count). The number of carbonyl (C=O) groups excluding carboxylic acids is 1. The van der Waals surface area contributed by atoms with Gasteiger partial charge in [0.25, 0.3) is 0 Å². The summed E-state index contributed by atoms with van der Waals surface area (Å²) >= 11 is 0. The Kier molecular flexibility index (Phi) is 13.3. The number of unbranched alkanes of at least 4 members (excludes halogenated alkanes) is 5. The van der Waals surface area contributed by atoms with Gasteiger partial charge < -0.3 is 54.5 Å². The minimum absolute atomic E-state index is 0.323. The Labute approximate surface area is 206 Å². The van der Waals surface area contributed by atoms with Crippen LogP contribution in [0.2, 0.25) is 0 Å². The van der Waals surface area contributed by atoms with Crippen molar-refractivity contribution < 1.29 is 54.0 Å². The van der Waals surface area contributed by atoms with Gasteiger partial charge in [-0.1, -0.05) is 39.0 Å². The molecule has 0 spiro atoms. The SMILES string of the molecule is CCCCCCCCO[C@@H]1O[C@H](CO)[C@H](O[C@@H]2O[C@H](CO)[C@H](OC)[C@H](O)[C@H]2NC(C)=O)[C@H](O)[C@H]1O. The Morgan fingerprint density at radius 2 is 1.46 bits per heavy atom. The van der Waals surface area contributed by atoms with E-state index in [-0.39, 0.29) is 0 Å². The number of nitrogens with one attached hydrogen (secondary N) is 1. The third kappa shape index (κ3) is 8.29. The zero-order valence-electron chi connectivity index (χ0n) is 20.8. The van der Waals surface area contributed by atoms with E-state index >= 15 is 0 Å². The van der Waals surface area contributed by atoms with E-state index in [4.69, 9.17) is 23.7 Å². The molecular formula is C23H43NO11. The second kappa shape index (κ2) is 15.4. The quantitative estimate of drug-likeness (QED) is 0.155. The lowest BCUT2D eigenvalue weighted by atomic mass is 9.95. The van der Waals surface area contributed by atoms with Crippen molar-refractivity contribution in [2.24, 2.45) is 0 Å². The van der Waals surface area contributed by atoms with Crippen LogP contribution in [0.4, 0.5) is 0 Å². The largest absolute Gasteiger partial charge is 0.394 e. The summed E-state index contributed by atoms with van der Waals surface area (Å²) in [5.74, 6) is -0.481. The Balaban J connectivity index is 2.03. The van der Waals surface area contributed by atoms with E-state index < -0.39 is 80.5 Å². The summed E-state index contributed by atoms with van der Waals surface area (Å²) in [7, 11) is 1.33. The van der Waals surface area contributed by atoms with Gasteiger partial charge in [-0.3, -0.25) is 4.79 Å². The lowest BCUT2D eigenvalue weighted by Crippen LogP contribution is -2.68. The van der Waals surface area contributed by atoms with Gasteiger partial charge >= 0.3 is 0 Å². The van der Waals surface area contributed by atoms with Crippen molar-refractivity contribution in [3.63, 3.8) is 0 Å². The first kappa shape index (κ1) is 30.3. The lowest BCUT2D eigenvalue weighted by molar-refractivity contribution is -0.347.